The van der Waals surface area contributed by atoms with Crippen molar-refractivity contribution in [3.8, 4) is 17.1 Å². The van der Waals surface area contributed by atoms with Crippen LogP contribution in [0.2, 0.25) is 0 Å². The Balaban J connectivity index is 1.46. The summed E-state index contributed by atoms with van der Waals surface area (Å²) < 4.78 is 17.1. The first-order valence-corrected chi connectivity index (χ1v) is 12.3. The number of benzene rings is 1. The summed E-state index contributed by atoms with van der Waals surface area (Å²) in [4.78, 5) is 14.8. The number of likely N-dealkylation sites (N-methyl/N-ethyl adjacent to an activating group) is 1. The van der Waals surface area contributed by atoms with Gasteiger partial charge < -0.3 is 34.4 Å². The van der Waals surface area contributed by atoms with Crippen molar-refractivity contribution in [1.82, 2.24) is 15.3 Å². The summed E-state index contributed by atoms with van der Waals surface area (Å²) in [5.41, 5.74) is 0.899. The molecule has 2 aromatic rings. The summed E-state index contributed by atoms with van der Waals surface area (Å²) in [6, 6.07) is 10.8. The van der Waals surface area contributed by atoms with E-state index in [0.29, 0.717) is 43.4 Å². The monoisotopic (exact) mass is 469 g/mol. The molecule has 0 radical (unpaired) electrons. The zero-order chi connectivity index (χ0) is 23.3. The number of anilines is 2. The van der Waals surface area contributed by atoms with Crippen molar-refractivity contribution in [2.75, 3.05) is 69.5 Å². The number of nitrogens with one attached hydrogen (secondary N) is 1. The zero-order valence-electron chi connectivity index (χ0n) is 19.9. The van der Waals surface area contributed by atoms with E-state index in [4.69, 9.17) is 24.2 Å². The van der Waals surface area contributed by atoms with Crippen molar-refractivity contribution in [3.05, 3.63) is 30.3 Å². The zero-order valence-corrected chi connectivity index (χ0v) is 19.9. The number of aliphatic hydroxyl groups is 1. The average Bonchev–Trinajstić information content (AvgIpc) is 3.56. The molecule has 2 aliphatic heterocycles. The van der Waals surface area contributed by atoms with Gasteiger partial charge in [0.05, 0.1) is 25.9 Å². The first-order chi connectivity index (χ1) is 16.7. The van der Waals surface area contributed by atoms with E-state index in [0.717, 1.165) is 49.9 Å². The molecule has 2 N–H and O–H groups in total. The molecule has 34 heavy (non-hydrogen) atoms. The number of hydrogen-bond acceptors (Lipinski definition) is 9. The summed E-state index contributed by atoms with van der Waals surface area (Å²) in [7, 11) is 1.81. The van der Waals surface area contributed by atoms with Crippen molar-refractivity contribution in [3.63, 3.8) is 0 Å². The molecule has 3 fully saturated rings. The van der Waals surface area contributed by atoms with Crippen molar-refractivity contribution in [2.45, 2.75) is 37.5 Å². The van der Waals surface area contributed by atoms with Gasteiger partial charge in [-0.05, 0) is 38.4 Å². The second kappa shape index (κ2) is 10.9. The molecule has 9 nitrogen and oxygen atoms in total. The molecule has 2 saturated heterocycles. The van der Waals surface area contributed by atoms with Crippen molar-refractivity contribution in [1.29, 1.82) is 0 Å². The fourth-order valence-corrected chi connectivity index (χ4v) is 4.62. The van der Waals surface area contributed by atoms with Crippen molar-refractivity contribution < 1.29 is 19.3 Å². The molecule has 1 aromatic carbocycles. The third-order valence-electron chi connectivity index (χ3n) is 6.51. The van der Waals surface area contributed by atoms with Crippen LogP contribution in [0.4, 0.5) is 11.6 Å². The van der Waals surface area contributed by atoms with Crippen LogP contribution >= 0.6 is 0 Å². The molecule has 0 amide bonds. The Labute approximate surface area is 201 Å². The lowest BCUT2D eigenvalue weighted by molar-refractivity contribution is 0.108. The van der Waals surface area contributed by atoms with Gasteiger partial charge in [0.25, 0.3) is 0 Å². The SMILES string of the molecule is CNCC(O)COc1cccc(-c2nc(N3CCOCC3)cc(N(C3CC3)[C@@H]3CCOC3)n2)c1. The number of morpholine rings is 1. The van der Waals surface area contributed by atoms with Gasteiger partial charge in [0.1, 0.15) is 30.1 Å². The van der Waals surface area contributed by atoms with Crippen LogP contribution in [0.3, 0.4) is 0 Å². The minimum atomic E-state index is -0.568. The van der Waals surface area contributed by atoms with Gasteiger partial charge in [0.15, 0.2) is 5.82 Å². The standard InChI is InChI=1S/C25H35N5O4/c1-26-15-21(31)17-34-22-4-2-3-18(13-22)25-27-23(29-8-11-32-12-9-29)14-24(28-25)30(19-5-6-19)20-7-10-33-16-20/h2-4,13-14,19-21,26,31H,5-12,15-17H2,1H3/t20-,21?/m1/s1. The predicted molar refractivity (Wildman–Crippen MR) is 131 cm³/mol. The maximum absolute atomic E-state index is 9.99. The van der Waals surface area contributed by atoms with E-state index in [9.17, 15) is 5.11 Å². The molecule has 0 bridgehead atoms. The summed E-state index contributed by atoms with van der Waals surface area (Å²) in [6.07, 6.45) is 2.85. The lowest BCUT2D eigenvalue weighted by atomic mass is 10.2. The Hall–Kier alpha value is -2.46. The molecule has 2 atom stereocenters. The fourth-order valence-electron chi connectivity index (χ4n) is 4.62. The average molecular weight is 470 g/mol. The Bertz CT molecular complexity index is 945. The first kappa shape index (κ1) is 23.3. The molecular weight excluding hydrogens is 434 g/mol. The predicted octanol–water partition coefficient (Wildman–Crippen LogP) is 1.70. The van der Waals surface area contributed by atoms with E-state index in [1.807, 2.05) is 31.3 Å². The molecule has 5 rings (SSSR count). The smallest absolute Gasteiger partial charge is 0.163 e. The lowest BCUT2D eigenvalue weighted by Crippen LogP contribution is -2.39. The van der Waals surface area contributed by atoms with E-state index in [-0.39, 0.29) is 6.61 Å². The van der Waals surface area contributed by atoms with E-state index in [1.54, 1.807) is 0 Å². The Morgan fingerprint density at radius 2 is 1.97 bits per heavy atom. The number of hydrogen-bond donors (Lipinski definition) is 2. The number of ether oxygens (including phenoxy) is 3. The molecule has 1 aliphatic carbocycles. The normalized spacial score (nSPS) is 21.5. The fraction of sp³-hybridized carbons (Fsp3) is 0.600. The number of nitrogens with zero attached hydrogens (tertiary/aromatic N) is 4. The van der Waals surface area contributed by atoms with Crippen molar-refractivity contribution in [2.24, 2.45) is 0 Å². The maximum Gasteiger partial charge on any atom is 0.163 e. The number of aromatic nitrogens is 2. The molecule has 184 valence electrons. The molecular formula is C25H35N5O4. The minimum Gasteiger partial charge on any atom is -0.491 e. The number of rotatable bonds is 10. The molecule has 9 heteroatoms. The van der Waals surface area contributed by atoms with Gasteiger partial charge in [0.2, 0.25) is 0 Å². The van der Waals surface area contributed by atoms with Gasteiger partial charge in [-0.3, -0.25) is 0 Å². The third-order valence-corrected chi connectivity index (χ3v) is 6.51. The Kier molecular flexibility index (Phi) is 7.44. The van der Waals surface area contributed by atoms with Gasteiger partial charge in [-0.25, -0.2) is 9.97 Å². The molecule has 0 spiro atoms. The maximum atomic E-state index is 9.99. The number of aliphatic hydroxyl groups excluding tert-OH is 1. The topological polar surface area (TPSA) is 92.2 Å². The largest absolute Gasteiger partial charge is 0.491 e. The van der Waals surface area contributed by atoms with Gasteiger partial charge in [-0.1, -0.05) is 12.1 Å². The van der Waals surface area contributed by atoms with E-state index in [1.165, 1.54) is 12.8 Å². The van der Waals surface area contributed by atoms with Crippen LogP contribution in [0, 0.1) is 0 Å². The molecule has 1 aromatic heterocycles. The minimum absolute atomic E-state index is 0.224. The van der Waals surface area contributed by atoms with Crippen LogP contribution in [0.25, 0.3) is 11.4 Å². The van der Waals surface area contributed by atoms with Crippen LogP contribution < -0.4 is 19.9 Å². The van der Waals surface area contributed by atoms with Crippen LogP contribution in [0.15, 0.2) is 30.3 Å². The lowest BCUT2D eigenvalue weighted by Gasteiger charge is -2.32. The summed E-state index contributed by atoms with van der Waals surface area (Å²) in [5, 5.41) is 12.9. The quantitative estimate of drug-likeness (QED) is 0.539. The highest BCUT2D eigenvalue weighted by atomic mass is 16.5. The highest BCUT2D eigenvalue weighted by Crippen LogP contribution is 2.37. The van der Waals surface area contributed by atoms with Crippen LogP contribution in [0.1, 0.15) is 19.3 Å². The summed E-state index contributed by atoms with van der Waals surface area (Å²) in [6.45, 7) is 5.31. The van der Waals surface area contributed by atoms with E-state index < -0.39 is 6.10 Å². The molecule has 1 unspecified atom stereocenters. The van der Waals surface area contributed by atoms with Gasteiger partial charge in [-0.15, -0.1) is 0 Å². The van der Waals surface area contributed by atoms with Gasteiger partial charge >= 0.3 is 0 Å². The van der Waals surface area contributed by atoms with E-state index >= 15 is 0 Å². The first-order valence-electron chi connectivity index (χ1n) is 12.3. The summed E-state index contributed by atoms with van der Waals surface area (Å²) >= 11 is 0. The Morgan fingerprint density at radius 3 is 2.71 bits per heavy atom. The summed E-state index contributed by atoms with van der Waals surface area (Å²) in [5.74, 6) is 3.28. The third kappa shape index (κ3) is 5.60. The molecule has 3 aliphatic rings. The van der Waals surface area contributed by atoms with Crippen LogP contribution in [-0.4, -0.2) is 93.0 Å². The van der Waals surface area contributed by atoms with E-state index in [2.05, 4.69) is 21.2 Å². The van der Waals surface area contributed by atoms with Crippen LogP contribution in [-0.2, 0) is 9.47 Å². The van der Waals surface area contributed by atoms with Gasteiger partial charge in [0, 0.05) is 43.9 Å². The molecule has 3 heterocycles. The second-order valence-corrected chi connectivity index (χ2v) is 9.21. The molecule has 1 saturated carbocycles. The Morgan fingerprint density at radius 1 is 1.12 bits per heavy atom. The van der Waals surface area contributed by atoms with Gasteiger partial charge in [-0.2, -0.15) is 0 Å². The van der Waals surface area contributed by atoms with Crippen molar-refractivity contribution >= 4 is 11.6 Å². The second-order valence-electron chi connectivity index (χ2n) is 9.21. The van der Waals surface area contributed by atoms with Crippen LogP contribution in [0.5, 0.6) is 5.75 Å². The highest BCUT2D eigenvalue weighted by Gasteiger charge is 2.37. The highest BCUT2D eigenvalue weighted by molar-refractivity contribution is 5.64.